The number of ether oxygens (including phenoxy) is 1. The van der Waals surface area contributed by atoms with E-state index >= 15 is 0 Å². The second kappa shape index (κ2) is 9.97. The molecule has 0 amide bonds. The van der Waals surface area contributed by atoms with Crippen molar-refractivity contribution in [3.63, 3.8) is 0 Å². The van der Waals surface area contributed by atoms with Gasteiger partial charge in [0.05, 0.1) is 0 Å². The summed E-state index contributed by atoms with van der Waals surface area (Å²) in [4.78, 5) is 2.66. The van der Waals surface area contributed by atoms with Crippen LogP contribution in [0.2, 0.25) is 0 Å². The summed E-state index contributed by atoms with van der Waals surface area (Å²) in [5.41, 5.74) is 15.8. The highest BCUT2D eigenvalue weighted by Crippen LogP contribution is 2.68. The first-order valence-electron chi connectivity index (χ1n) is 22.9. The Balaban J connectivity index is 0.916. The van der Waals surface area contributed by atoms with E-state index in [4.69, 9.17) is 4.74 Å². The van der Waals surface area contributed by atoms with Crippen LogP contribution in [0.4, 0.5) is 17.1 Å². The molecule has 55 heavy (non-hydrogen) atoms. The maximum Gasteiger partial charge on any atom is 0.256 e. The number of nitrogens with zero attached hydrogens (tertiary/aromatic N) is 1. The Labute approximate surface area is 327 Å². The van der Waals surface area contributed by atoms with Crippen molar-refractivity contribution in [3.05, 3.63) is 95.1 Å². The van der Waals surface area contributed by atoms with Crippen LogP contribution >= 0.6 is 0 Å². The number of anilines is 3. The van der Waals surface area contributed by atoms with E-state index in [1.807, 2.05) is 0 Å². The zero-order chi connectivity index (χ0) is 35.6. The highest BCUT2D eigenvalue weighted by Gasteiger charge is 2.60. The van der Waals surface area contributed by atoms with E-state index in [1.54, 1.807) is 16.7 Å². The van der Waals surface area contributed by atoms with Crippen LogP contribution in [0.1, 0.15) is 119 Å². The van der Waals surface area contributed by atoms with Gasteiger partial charge in [-0.3, -0.25) is 0 Å². The van der Waals surface area contributed by atoms with Gasteiger partial charge in [-0.25, -0.2) is 0 Å². The molecule has 0 radical (unpaired) electrons. The number of fused-ring (bicyclic) bond motifs is 4. The maximum absolute atomic E-state index is 7.10. The second-order valence-corrected chi connectivity index (χ2v) is 22.3. The average Bonchev–Trinajstić information content (AvgIpc) is 3.93. The lowest BCUT2D eigenvalue weighted by atomic mass is 9.33. The van der Waals surface area contributed by atoms with Crippen molar-refractivity contribution in [2.45, 2.75) is 119 Å². The van der Waals surface area contributed by atoms with Crippen molar-refractivity contribution in [2.24, 2.45) is 53.3 Å². The molecule has 12 fully saturated rings. The Hall–Kier alpha value is -3.46. The number of hydrogen-bond donors (Lipinski definition) is 0. The van der Waals surface area contributed by atoms with Crippen molar-refractivity contribution in [1.82, 2.24) is 0 Å². The highest BCUT2D eigenvalue weighted by atomic mass is 16.5. The second-order valence-electron chi connectivity index (χ2n) is 22.3. The van der Waals surface area contributed by atoms with Gasteiger partial charge in [-0.15, -0.1) is 0 Å². The molecule has 0 spiro atoms. The van der Waals surface area contributed by atoms with Crippen molar-refractivity contribution >= 4 is 40.2 Å². The minimum Gasteiger partial charge on any atom is -0.458 e. The third kappa shape index (κ3) is 3.78. The Morgan fingerprint density at radius 2 is 1.11 bits per heavy atom. The van der Waals surface area contributed by atoms with Crippen LogP contribution in [0.3, 0.4) is 0 Å². The Bertz CT molecular complexity index is 2330. The molecule has 12 saturated carbocycles. The van der Waals surface area contributed by atoms with Gasteiger partial charge in [0.15, 0.2) is 0 Å². The molecular weight excluding hydrogens is 665 g/mol. The standard InChI is InChI=1S/C52H54BNO/c1-29-10-46-49-48(11-29)55-47-9-5-39(52-25-32-13-33(26-52)19-41(52)18-32)21-44(47)53(49)43-20-38(51-23-30-12-31(24-51)17-40(51)16-30)4-8-45(43)54(46)42-6-2-37(3-7-42)50-22-34-14-35(27-50)36(15-34)28-50/h2-11,20-21,30-36,40-41H,12-19,22-28H2,1H3. The minimum atomic E-state index is 0.197. The fourth-order valence-corrected chi connectivity index (χ4v) is 18.4. The minimum absolute atomic E-state index is 0.197. The zero-order valence-corrected chi connectivity index (χ0v) is 32.7. The molecule has 4 aromatic carbocycles. The number of hydrogen-bond acceptors (Lipinski definition) is 2. The lowest BCUT2D eigenvalue weighted by Crippen LogP contribution is -2.60. The predicted octanol–water partition coefficient (Wildman–Crippen LogP) is 10.6. The molecule has 2 nitrogen and oxygen atoms in total. The van der Waals surface area contributed by atoms with Crippen molar-refractivity contribution in [1.29, 1.82) is 0 Å². The first kappa shape index (κ1) is 30.7. The van der Waals surface area contributed by atoms with Crippen LogP contribution in [0, 0.1) is 60.2 Å². The quantitative estimate of drug-likeness (QED) is 0.168. The molecular formula is C52H54BNO. The van der Waals surface area contributed by atoms with Gasteiger partial charge < -0.3 is 9.64 Å². The number of aryl methyl sites for hydroxylation is 1. The Morgan fingerprint density at radius 1 is 0.527 bits per heavy atom. The monoisotopic (exact) mass is 719 g/mol. The lowest BCUT2D eigenvalue weighted by molar-refractivity contribution is 0.229. The van der Waals surface area contributed by atoms with Gasteiger partial charge >= 0.3 is 0 Å². The van der Waals surface area contributed by atoms with Gasteiger partial charge in [-0.05, 0) is 248 Å². The zero-order valence-electron chi connectivity index (χ0n) is 32.7. The lowest BCUT2D eigenvalue weighted by Gasteiger charge is -2.42. The molecule has 0 N–H and O–H groups in total. The smallest absolute Gasteiger partial charge is 0.256 e. The summed E-state index contributed by atoms with van der Waals surface area (Å²) in [6.45, 7) is 2.47. The van der Waals surface area contributed by atoms with E-state index in [9.17, 15) is 0 Å². The molecule has 276 valence electrons. The van der Waals surface area contributed by atoms with Crippen molar-refractivity contribution in [2.75, 3.05) is 4.90 Å². The van der Waals surface area contributed by atoms with E-state index in [0.29, 0.717) is 16.2 Å². The Kier molecular flexibility index (Phi) is 5.56. The topological polar surface area (TPSA) is 12.5 Å². The van der Waals surface area contributed by atoms with Gasteiger partial charge in [0.1, 0.15) is 11.5 Å². The molecule has 12 bridgehead atoms. The first-order valence-corrected chi connectivity index (χ1v) is 22.9. The molecule has 0 saturated heterocycles. The summed E-state index contributed by atoms with van der Waals surface area (Å²) in [7, 11) is 0. The van der Waals surface area contributed by atoms with Gasteiger partial charge in [-0.1, -0.05) is 36.4 Å². The van der Waals surface area contributed by atoms with Crippen molar-refractivity contribution < 1.29 is 4.74 Å². The van der Waals surface area contributed by atoms with Gasteiger partial charge in [0, 0.05) is 17.1 Å². The fourth-order valence-electron chi connectivity index (χ4n) is 18.4. The molecule has 18 rings (SSSR count). The van der Waals surface area contributed by atoms with E-state index < -0.39 is 0 Å². The van der Waals surface area contributed by atoms with Crippen LogP contribution in [0.15, 0.2) is 72.8 Å². The van der Waals surface area contributed by atoms with Gasteiger partial charge in [0.2, 0.25) is 0 Å². The van der Waals surface area contributed by atoms with Crippen LogP contribution < -0.4 is 26.0 Å². The molecule has 6 unspecified atom stereocenters. The summed E-state index contributed by atoms with van der Waals surface area (Å²) in [6, 6.07) is 30.5. The Morgan fingerprint density at radius 3 is 1.75 bits per heavy atom. The van der Waals surface area contributed by atoms with E-state index in [2.05, 4.69) is 84.6 Å². The summed E-state index contributed by atoms with van der Waals surface area (Å²) >= 11 is 0. The SMILES string of the molecule is Cc1cc2c3c(c1)N(c1ccc(C45CC6CC(C4)C(C6)C5)cc1)c1ccc(C45CC6CC(CC4C6)C5)cc1B3c1cc(C34CC5CC(CC3C5)C4)ccc1O2. The summed E-state index contributed by atoms with van der Waals surface area (Å²) < 4.78 is 7.10. The van der Waals surface area contributed by atoms with E-state index in [0.717, 1.165) is 64.8 Å². The third-order valence-corrected chi connectivity index (χ3v) is 19.7. The van der Waals surface area contributed by atoms with Crippen LogP contribution in [-0.2, 0) is 16.2 Å². The number of benzene rings is 4. The molecule has 0 aromatic heterocycles. The highest BCUT2D eigenvalue weighted by molar-refractivity contribution is 6.99. The molecule has 14 aliphatic rings. The summed E-state index contributed by atoms with van der Waals surface area (Å²) in [5.74, 6) is 10.7. The largest absolute Gasteiger partial charge is 0.458 e. The molecule has 3 heteroatoms. The fraction of sp³-hybridized carbons (Fsp3) is 0.538. The molecule has 4 aromatic rings. The van der Waals surface area contributed by atoms with Crippen molar-refractivity contribution in [3.8, 4) is 11.5 Å². The van der Waals surface area contributed by atoms with Crippen LogP contribution in [0.25, 0.3) is 0 Å². The van der Waals surface area contributed by atoms with E-state index in [1.165, 1.54) is 135 Å². The normalized spacial score (nSPS) is 42.0. The van der Waals surface area contributed by atoms with Crippen LogP contribution in [-0.4, -0.2) is 6.71 Å². The number of rotatable bonds is 4. The average molecular weight is 720 g/mol. The molecule has 6 atom stereocenters. The molecule has 12 aliphatic carbocycles. The summed E-state index contributed by atoms with van der Waals surface area (Å²) in [5, 5.41) is 0. The van der Waals surface area contributed by atoms with E-state index in [-0.39, 0.29) is 6.71 Å². The third-order valence-electron chi connectivity index (χ3n) is 19.7. The molecule has 2 heterocycles. The summed E-state index contributed by atoms with van der Waals surface area (Å²) in [6.07, 6.45) is 21.8. The van der Waals surface area contributed by atoms with Gasteiger partial charge in [0.25, 0.3) is 6.71 Å². The molecule has 2 aliphatic heterocycles. The first-order chi connectivity index (χ1) is 26.9. The van der Waals surface area contributed by atoms with Crippen LogP contribution in [0.5, 0.6) is 11.5 Å². The predicted molar refractivity (Wildman–Crippen MR) is 223 cm³/mol. The maximum atomic E-state index is 7.10. The van der Waals surface area contributed by atoms with Gasteiger partial charge in [-0.2, -0.15) is 0 Å².